The predicted octanol–water partition coefficient (Wildman–Crippen LogP) is 0.340. The van der Waals surface area contributed by atoms with Gasteiger partial charge in [0, 0.05) is 23.9 Å². The summed E-state index contributed by atoms with van der Waals surface area (Å²) in [7, 11) is -3.21. The second-order valence-corrected chi connectivity index (χ2v) is 6.68. The van der Waals surface area contributed by atoms with Crippen molar-refractivity contribution in [2.75, 3.05) is 17.7 Å². The van der Waals surface area contributed by atoms with Crippen LogP contribution in [0.15, 0.2) is 18.2 Å². The summed E-state index contributed by atoms with van der Waals surface area (Å²) in [6.45, 7) is 1.55. The van der Waals surface area contributed by atoms with Crippen molar-refractivity contribution in [3.8, 4) is 0 Å². The van der Waals surface area contributed by atoms with E-state index in [1.54, 1.807) is 6.92 Å². The molecule has 3 N–H and O–H groups in total. The average Bonchev–Trinajstić information content (AvgIpc) is 2.25. The molecule has 1 aromatic rings. The normalized spacial score (nSPS) is 12.7. The second kappa shape index (κ2) is 5.87. The van der Waals surface area contributed by atoms with Gasteiger partial charge in [0.1, 0.15) is 15.5 Å². The van der Waals surface area contributed by atoms with Gasteiger partial charge < -0.3 is 11.1 Å². The van der Waals surface area contributed by atoms with Crippen molar-refractivity contribution in [2.45, 2.75) is 13.0 Å². The van der Waals surface area contributed by atoms with Gasteiger partial charge in [-0.3, -0.25) is 14.9 Å². The molecule has 1 unspecified atom stereocenters. The van der Waals surface area contributed by atoms with Gasteiger partial charge in [-0.15, -0.1) is 0 Å². The van der Waals surface area contributed by atoms with Crippen LogP contribution in [0.25, 0.3) is 0 Å². The van der Waals surface area contributed by atoms with Crippen LogP contribution < -0.4 is 11.1 Å². The average molecular weight is 301 g/mol. The number of anilines is 1. The van der Waals surface area contributed by atoms with E-state index in [1.165, 1.54) is 12.1 Å². The quantitative estimate of drug-likeness (QED) is 0.458. The molecule has 1 atom stereocenters. The summed E-state index contributed by atoms with van der Waals surface area (Å²) in [5, 5.41) is 13.1. The molecule has 0 bridgehead atoms. The molecule has 0 aliphatic rings. The van der Waals surface area contributed by atoms with E-state index >= 15 is 0 Å². The molecular formula is C11H15N3O5S. The minimum absolute atomic E-state index is 0.126. The summed E-state index contributed by atoms with van der Waals surface area (Å²) >= 11 is 0. The predicted molar refractivity (Wildman–Crippen MR) is 74.1 cm³/mol. The lowest BCUT2D eigenvalue weighted by Gasteiger charge is -2.12. The van der Waals surface area contributed by atoms with Gasteiger partial charge in [0.05, 0.1) is 10.7 Å². The van der Waals surface area contributed by atoms with E-state index in [1.807, 2.05) is 0 Å². The van der Waals surface area contributed by atoms with Gasteiger partial charge in [-0.25, -0.2) is 8.42 Å². The Labute approximate surface area is 116 Å². The first-order valence-electron chi connectivity index (χ1n) is 5.62. The lowest BCUT2D eigenvalue weighted by molar-refractivity contribution is -0.383. The zero-order chi connectivity index (χ0) is 15.5. The van der Waals surface area contributed by atoms with Crippen LogP contribution in [0.4, 0.5) is 11.4 Å². The second-order valence-electron chi connectivity index (χ2n) is 4.50. The summed E-state index contributed by atoms with van der Waals surface area (Å²) < 4.78 is 22.2. The van der Waals surface area contributed by atoms with E-state index in [2.05, 4.69) is 5.32 Å². The molecule has 0 spiro atoms. The summed E-state index contributed by atoms with van der Waals surface area (Å²) in [6.07, 6.45) is 1.07. The van der Waals surface area contributed by atoms with E-state index in [0.717, 1.165) is 12.3 Å². The van der Waals surface area contributed by atoms with Crippen molar-refractivity contribution in [3.63, 3.8) is 0 Å². The molecule has 20 heavy (non-hydrogen) atoms. The Morgan fingerprint density at radius 1 is 1.50 bits per heavy atom. The van der Waals surface area contributed by atoms with Crippen molar-refractivity contribution in [1.82, 2.24) is 5.32 Å². The Bertz CT molecular complexity index is 641. The molecule has 0 aliphatic heterocycles. The van der Waals surface area contributed by atoms with E-state index in [-0.39, 0.29) is 22.7 Å². The van der Waals surface area contributed by atoms with Crippen LogP contribution >= 0.6 is 0 Å². The lowest BCUT2D eigenvalue weighted by atomic mass is 10.1. The lowest BCUT2D eigenvalue weighted by Crippen LogP contribution is -2.37. The zero-order valence-corrected chi connectivity index (χ0v) is 11.8. The number of carbonyl (C=O) groups excluding carboxylic acids is 1. The minimum Gasteiger partial charge on any atom is -0.393 e. The van der Waals surface area contributed by atoms with E-state index in [9.17, 15) is 23.3 Å². The van der Waals surface area contributed by atoms with Crippen molar-refractivity contribution in [3.05, 3.63) is 33.9 Å². The first kappa shape index (κ1) is 15.9. The number of nitrogen functional groups attached to an aromatic ring is 1. The first-order chi connectivity index (χ1) is 9.10. The van der Waals surface area contributed by atoms with Gasteiger partial charge in [0.15, 0.2) is 0 Å². The first-order valence-corrected chi connectivity index (χ1v) is 7.68. The molecule has 9 heteroatoms. The molecule has 1 aromatic carbocycles. The minimum atomic E-state index is -3.21. The molecule has 0 radical (unpaired) electrons. The number of hydrogen-bond acceptors (Lipinski definition) is 6. The number of nitrogens with two attached hydrogens (primary N) is 1. The Balaban J connectivity index is 2.83. The van der Waals surface area contributed by atoms with Crippen molar-refractivity contribution >= 4 is 27.1 Å². The number of sulfone groups is 1. The van der Waals surface area contributed by atoms with Gasteiger partial charge in [-0.2, -0.15) is 0 Å². The Kier molecular flexibility index (Phi) is 4.66. The number of nitrogens with zero attached hydrogens (tertiary/aromatic N) is 1. The van der Waals surface area contributed by atoms with Crippen LogP contribution in [0.5, 0.6) is 0 Å². The monoisotopic (exact) mass is 301 g/mol. The topological polar surface area (TPSA) is 132 Å². The van der Waals surface area contributed by atoms with Crippen LogP contribution in [0.3, 0.4) is 0 Å². The third kappa shape index (κ3) is 4.50. The van der Waals surface area contributed by atoms with Crippen LogP contribution in [0.1, 0.15) is 17.3 Å². The van der Waals surface area contributed by atoms with Gasteiger partial charge in [-0.1, -0.05) is 0 Å². The van der Waals surface area contributed by atoms with Crippen LogP contribution in [-0.2, 0) is 9.84 Å². The highest BCUT2D eigenvalue weighted by Crippen LogP contribution is 2.21. The fraction of sp³-hybridized carbons (Fsp3) is 0.364. The van der Waals surface area contributed by atoms with Crippen LogP contribution in [0, 0.1) is 10.1 Å². The molecular weight excluding hydrogens is 286 g/mol. The number of carbonyl (C=O) groups is 1. The van der Waals surface area contributed by atoms with Gasteiger partial charge in [0.25, 0.3) is 11.6 Å². The van der Waals surface area contributed by atoms with E-state index in [0.29, 0.717) is 0 Å². The number of amides is 1. The highest BCUT2D eigenvalue weighted by Gasteiger charge is 2.17. The maximum atomic E-state index is 11.8. The third-order valence-corrected chi connectivity index (χ3v) is 3.52. The summed E-state index contributed by atoms with van der Waals surface area (Å²) in [5.74, 6) is -0.732. The number of rotatable bonds is 5. The molecule has 0 saturated carbocycles. The largest absolute Gasteiger partial charge is 0.393 e. The van der Waals surface area contributed by atoms with Gasteiger partial charge in [0.2, 0.25) is 0 Å². The van der Waals surface area contributed by atoms with Crippen molar-refractivity contribution < 1.29 is 18.1 Å². The number of hydrogen-bond donors (Lipinski definition) is 2. The molecule has 0 fully saturated rings. The van der Waals surface area contributed by atoms with Gasteiger partial charge in [-0.05, 0) is 19.1 Å². The molecule has 0 saturated heterocycles. The molecule has 1 rings (SSSR count). The fourth-order valence-corrected chi connectivity index (χ4v) is 2.66. The summed E-state index contributed by atoms with van der Waals surface area (Å²) in [6, 6.07) is 3.00. The van der Waals surface area contributed by atoms with Crippen molar-refractivity contribution in [1.29, 1.82) is 0 Å². The SMILES string of the molecule is CC(CS(C)(=O)=O)NC(=O)c1ccc([N+](=O)[O-])c(N)c1. The van der Waals surface area contributed by atoms with E-state index < -0.39 is 26.7 Å². The van der Waals surface area contributed by atoms with E-state index in [4.69, 9.17) is 5.73 Å². The number of nitrogens with one attached hydrogen (secondary N) is 1. The Morgan fingerprint density at radius 2 is 2.10 bits per heavy atom. The maximum Gasteiger partial charge on any atom is 0.292 e. The molecule has 0 heterocycles. The third-order valence-electron chi connectivity index (χ3n) is 2.42. The molecule has 0 aromatic heterocycles. The fourth-order valence-electron chi connectivity index (χ4n) is 1.66. The van der Waals surface area contributed by atoms with Gasteiger partial charge >= 0.3 is 0 Å². The standard InChI is InChI=1S/C11H15N3O5S/c1-7(6-20(2,18)19)13-11(15)8-3-4-10(14(16)17)9(12)5-8/h3-5,7H,6,12H2,1-2H3,(H,13,15). The summed E-state index contributed by atoms with van der Waals surface area (Å²) in [4.78, 5) is 21.8. The smallest absolute Gasteiger partial charge is 0.292 e. The number of benzene rings is 1. The highest BCUT2D eigenvalue weighted by molar-refractivity contribution is 7.90. The highest BCUT2D eigenvalue weighted by atomic mass is 32.2. The summed E-state index contributed by atoms with van der Waals surface area (Å²) in [5.41, 5.74) is 5.20. The molecule has 110 valence electrons. The molecule has 1 amide bonds. The Hall–Kier alpha value is -2.16. The molecule has 0 aliphatic carbocycles. The van der Waals surface area contributed by atoms with Crippen LogP contribution in [0.2, 0.25) is 0 Å². The van der Waals surface area contributed by atoms with Crippen molar-refractivity contribution in [2.24, 2.45) is 0 Å². The molecule has 8 nitrogen and oxygen atoms in total. The van der Waals surface area contributed by atoms with Crippen LogP contribution in [-0.4, -0.2) is 37.3 Å². The Morgan fingerprint density at radius 3 is 2.55 bits per heavy atom. The maximum absolute atomic E-state index is 11.8. The number of nitro benzene ring substituents is 1. The number of nitro groups is 1. The zero-order valence-electron chi connectivity index (χ0n) is 11.0.